The largest absolute Gasteiger partial charge is 2.00 e. The molecule has 0 atom stereocenters. The van der Waals surface area contributed by atoms with E-state index >= 15 is 0 Å². The van der Waals surface area contributed by atoms with Crippen LogP contribution < -0.4 is 24.8 Å². The van der Waals surface area contributed by atoms with Crippen LogP contribution in [-0.4, -0.2) is 6.79 Å². The van der Waals surface area contributed by atoms with Gasteiger partial charge in [-0.3, -0.25) is 4.79 Å². The second-order valence-electron chi connectivity index (χ2n) is 0. The van der Waals surface area contributed by atoms with E-state index in [2.05, 4.69) is 6.79 Å². The summed E-state index contributed by atoms with van der Waals surface area (Å²) in [7, 11) is 0. The molecule has 0 amide bonds. The maximum atomic E-state index is 7.50. The first-order chi connectivity index (χ1) is 1.00. The van der Waals surface area contributed by atoms with E-state index in [1.54, 1.807) is 0 Å². The van der Waals surface area contributed by atoms with Gasteiger partial charge in [-0.05, 0) is 0 Å². The minimum atomic E-state index is 0. The van der Waals surface area contributed by atoms with E-state index in [0.29, 0.717) is 0 Å². The Hall–Kier alpha value is 0.912. The maximum absolute atomic E-state index is 7.50. The zero-order chi connectivity index (χ0) is 2.00. The standard InChI is InChI=1S/CO.2ClH.Pd/c1-2;;;/h;2*1H;/q;;;+2/p-2. The molecule has 0 heterocycles. The first-order valence-corrected chi connectivity index (χ1v) is 0.204. The Balaban J connectivity index is -0.00000000167. The average molecular weight is 205 g/mol. The molecule has 1 nitrogen and oxygen atoms in total. The van der Waals surface area contributed by atoms with Crippen LogP contribution >= 0.6 is 0 Å². The van der Waals surface area contributed by atoms with E-state index in [1.807, 2.05) is 0 Å². The molecule has 0 aliphatic carbocycles. The third-order valence-electron chi connectivity index (χ3n) is 0. The summed E-state index contributed by atoms with van der Waals surface area (Å²) in [4.78, 5) is 7.50. The molecular formula is CCl2OPd. The molecule has 2 radical (unpaired) electrons. The van der Waals surface area contributed by atoms with Crippen molar-refractivity contribution in [1.29, 1.82) is 0 Å². The average Bonchev–Trinajstić information content (AvgIpc) is 1.00. The molecule has 0 saturated carbocycles. The predicted molar refractivity (Wildman–Crippen MR) is 5.69 cm³/mol. The van der Waals surface area contributed by atoms with Crippen LogP contribution in [0.1, 0.15) is 0 Å². The Labute approximate surface area is 57.0 Å². The zero-order valence-electron chi connectivity index (χ0n) is 1.98. The molecule has 0 bridgehead atoms. The molecule has 0 N–H and O–H groups in total. The summed E-state index contributed by atoms with van der Waals surface area (Å²) in [5.41, 5.74) is 0. The third kappa shape index (κ3) is 50.1. The summed E-state index contributed by atoms with van der Waals surface area (Å²) in [6, 6.07) is 0. The van der Waals surface area contributed by atoms with E-state index in [-0.39, 0.29) is 45.2 Å². The van der Waals surface area contributed by atoms with Gasteiger partial charge in [-0.1, -0.05) is 0 Å². The third-order valence-corrected chi connectivity index (χ3v) is 0. The molecular weight excluding hydrogens is 205 g/mol. The normalized spacial score (nSPS) is 0.800. The van der Waals surface area contributed by atoms with Gasteiger partial charge in [-0.25, -0.2) is 0 Å². The molecule has 0 rings (SSSR count). The van der Waals surface area contributed by atoms with Crippen molar-refractivity contribution in [2.45, 2.75) is 0 Å². The molecule has 0 aliphatic rings. The van der Waals surface area contributed by atoms with Crippen LogP contribution in [0.15, 0.2) is 0 Å². The van der Waals surface area contributed by atoms with Crippen LogP contribution in [0.25, 0.3) is 0 Å². The Kier molecular flexibility index (Phi) is 705. The van der Waals surface area contributed by atoms with Gasteiger partial charge in [0.25, 0.3) is 6.79 Å². The van der Waals surface area contributed by atoms with Gasteiger partial charge >= 0.3 is 20.4 Å². The fourth-order valence-electron chi connectivity index (χ4n) is 0. The first-order valence-electron chi connectivity index (χ1n) is 0.204. The van der Waals surface area contributed by atoms with Crippen molar-refractivity contribution in [2.75, 3.05) is 0 Å². The second-order valence-corrected chi connectivity index (χ2v) is 0. The molecule has 0 saturated heterocycles. The van der Waals surface area contributed by atoms with E-state index in [1.165, 1.54) is 0 Å². The Morgan fingerprint density at radius 2 is 1.00 bits per heavy atom. The molecule has 0 aromatic rings. The topological polar surface area (TPSA) is 17.1 Å². The fourth-order valence-corrected chi connectivity index (χ4v) is 0. The van der Waals surface area contributed by atoms with Crippen LogP contribution in [-0.2, 0) is 25.2 Å². The predicted octanol–water partition coefficient (Wildman–Crippen LogP) is -6.39. The monoisotopic (exact) mass is 204 g/mol. The van der Waals surface area contributed by atoms with E-state index in [9.17, 15) is 0 Å². The summed E-state index contributed by atoms with van der Waals surface area (Å²) in [6.07, 6.45) is 0. The zero-order valence-corrected chi connectivity index (χ0v) is 5.05. The minimum absolute atomic E-state index is 0. The number of hydrogen-bond acceptors (Lipinski definition) is 1. The van der Waals surface area contributed by atoms with E-state index < -0.39 is 0 Å². The number of halogens is 2. The SMILES string of the molecule is [C]=O.[Cl-].[Cl-].[Pd+2]. The van der Waals surface area contributed by atoms with Gasteiger partial charge in [0.15, 0.2) is 0 Å². The molecule has 0 aromatic carbocycles. The van der Waals surface area contributed by atoms with E-state index in [0.717, 1.165) is 0 Å². The first kappa shape index (κ1) is 39.0. The second kappa shape index (κ2) is 90.3. The van der Waals surface area contributed by atoms with Crippen molar-refractivity contribution in [3.8, 4) is 0 Å². The van der Waals surface area contributed by atoms with Gasteiger partial charge in [0.05, 0.1) is 0 Å². The number of rotatable bonds is 0. The number of hydrogen-bond donors (Lipinski definition) is 0. The van der Waals surface area contributed by atoms with Crippen molar-refractivity contribution < 1.29 is 50.0 Å². The van der Waals surface area contributed by atoms with Crippen LogP contribution in [0, 0.1) is 0 Å². The van der Waals surface area contributed by atoms with Crippen molar-refractivity contribution in [2.24, 2.45) is 0 Å². The summed E-state index contributed by atoms with van der Waals surface area (Å²) < 4.78 is 0. The van der Waals surface area contributed by atoms with Gasteiger partial charge < -0.3 is 24.8 Å². The van der Waals surface area contributed by atoms with Gasteiger partial charge in [-0.2, -0.15) is 0 Å². The van der Waals surface area contributed by atoms with Crippen LogP contribution in [0.3, 0.4) is 0 Å². The Morgan fingerprint density at radius 1 is 1.00 bits per heavy atom. The van der Waals surface area contributed by atoms with Crippen molar-refractivity contribution >= 4 is 6.79 Å². The van der Waals surface area contributed by atoms with Gasteiger partial charge in [0, 0.05) is 0 Å². The van der Waals surface area contributed by atoms with Crippen molar-refractivity contribution in [3.05, 3.63) is 0 Å². The molecule has 0 aliphatic heterocycles. The summed E-state index contributed by atoms with van der Waals surface area (Å²) in [6.45, 7) is 4.50. The number of carbonyl (C=O) groups excluding carboxylic acids is 1. The van der Waals surface area contributed by atoms with Gasteiger partial charge in [-0.15, -0.1) is 0 Å². The molecule has 34 valence electrons. The molecule has 0 aromatic heterocycles. The molecule has 4 heteroatoms. The Morgan fingerprint density at radius 3 is 1.00 bits per heavy atom. The molecule has 5 heavy (non-hydrogen) atoms. The summed E-state index contributed by atoms with van der Waals surface area (Å²) in [5.74, 6) is 0. The van der Waals surface area contributed by atoms with Crippen LogP contribution in [0.5, 0.6) is 0 Å². The van der Waals surface area contributed by atoms with Crippen LogP contribution in [0.4, 0.5) is 0 Å². The van der Waals surface area contributed by atoms with E-state index in [4.69, 9.17) is 4.79 Å². The minimum Gasteiger partial charge on any atom is -1.00 e. The smallest absolute Gasteiger partial charge is 1.00 e. The fraction of sp³-hybridized carbons (Fsp3) is 0. The van der Waals surface area contributed by atoms with Gasteiger partial charge in [0.1, 0.15) is 0 Å². The van der Waals surface area contributed by atoms with Crippen molar-refractivity contribution in [1.82, 2.24) is 0 Å². The molecule has 0 fully saturated rings. The molecule has 0 unspecified atom stereocenters. The van der Waals surface area contributed by atoms with Gasteiger partial charge in [0.2, 0.25) is 0 Å². The Bertz CT molecular complexity index is 9.61. The molecule has 0 spiro atoms. The van der Waals surface area contributed by atoms with Crippen molar-refractivity contribution in [3.63, 3.8) is 0 Å². The summed E-state index contributed by atoms with van der Waals surface area (Å²) >= 11 is 0. The maximum Gasteiger partial charge on any atom is 2.00 e. The van der Waals surface area contributed by atoms with Crippen LogP contribution in [0.2, 0.25) is 0 Å². The quantitative estimate of drug-likeness (QED) is 0.360. The summed E-state index contributed by atoms with van der Waals surface area (Å²) in [5, 5.41) is 0.